The number of aryl methyl sites for hydroxylation is 2. The first kappa shape index (κ1) is 19.1. The van der Waals surface area contributed by atoms with Crippen LogP contribution in [0, 0.1) is 13.8 Å². The monoisotopic (exact) mass is 358 g/mol. The van der Waals surface area contributed by atoms with Crippen molar-refractivity contribution in [2.24, 2.45) is 0 Å². The van der Waals surface area contributed by atoms with E-state index >= 15 is 0 Å². The molecule has 0 unspecified atom stereocenters. The SMILES string of the molecule is COc1ccc(OC)c(C(=O)NNC(=O)COc2ccc(C)c(C)c2)c1. The number of benzene rings is 2. The van der Waals surface area contributed by atoms with Gasteiger partial charge in [-0.25, -0.2) is 0 Å². The van der Waals surface area contributed by atoms with Gasteiger partial charge in [-0.05, 0) is 55.3 Å². The van der Waals surface area contributed by atoms with Crippen LogP contribution in [-0.4, -0.2) is 32.6 Å². The molecule has 2 amide bonds. The molecule has 0 spiro atoms. The minimum Gasteiger partial charge on any atom is -0.497 e. The van der Waals surface area contributed by atoms with E-state index in [2.05, 4.69) is 10.9 Å². The van der Waals surface area contributed by atoms with E-state index in [0.717, 1.165) is 11.1 Å². The highest BCUT2D eigenvalue weighted by atomic mass is 16.5. The summed E-state index contributed by atoms with van der Waals surface area (Å²) in [5, 5.41) is 0. The van der Waals surface area contributed by atoms with E-state index in [9.17, 15) is 9.59 Å². The average molecular weight is 358 g/mol. The molecule has 0 heterocycles. The third-order valence-corrected chi connectivity index (χ3v) is 3.82. The molecule has 26 heavy (non-hydrogen) atoms. The number of hydrogen-bond acceptors (Lipinski definition) is 5. The van der Waals surface area contributed by atoms with Crippen molar-refractivity contribution in [3.05, 3.63) is 53.1 Å². The molecule has 2 N–H and O–H groups in total. The number of methoxy groups -OCH3 is 2. The number of carbonyl (C=O) groups excluding carboxylic acids is 2. The zero-order valence-electron chi connectivity index (χ0n) is 15.2. The van der Waals surface area contributed by atoms with Gasteiger partial charge in [0.25, 0.3) is 11.8 Å². The molecule has 0 saturated carbocycles. The van der Waals surface area contributed by atoms with Crippen LogP contribution in [0.4, 0.5) is 0 Å². The average Bonchev–Trinajstić information content (AvgIpc) is 2.66. The summed E-state index contributed by atoms with van der Waals surface area (Å²) in [6, 6.07) is 10.4. The number of hydrazine groups is 1. The molecule has 0 aliphatic heterocycles. The standard InChI is InChI=1S/C19H22N2O5/c1-12-5-6-15(9-13(12)2)26-11-18(22)20-21-19(23)16-10-14(24-3)7-8-17(16)25-4/h5-10H,11H2,1-4H3,(H,20,22)(H,21,23). The van der Waals surface area contributed by atoms with Crippen molar-refractivity contribution in [3.8, 4) is 17.2 Å². The third kappa shape index (κ3) is 4.89. The Balaban J connectivity index is 1.90. The predicted molar refractivity (Wildman–Crippen MR) is 96.6 cm³/mol. The second-order valence-corrected chi connectivity index (χ2v) is 5.60. The van der Waals surface area contributed by atoms with Crippen molar-refractivity contribution in [2.45, 2.75) is 13.8 Å². The van der Waals surface area contributed by atoms with E-state index in [1.165, 1.54) is 20.3 Å². The number of rotatable bonds is 6. The lowest BCUT2D eigenvalue weighted by molar-refractivity contribution is -0.123. The molecule has 0 atom stereocenters. The molecule has 0 saturated heterocycles. The summed E-state index contributed by atoms with van der Waals surface area (Å²) in [6.45, 7) is 3.73. The Hall–Kier alpha value is -3.22. The molecule has 0 fully saturated rings. The Morgan fingerprint density at radius 1 is 0.885 bits per heavy atom. The van der Waals surface area contributed by atoms with Crippen LogP contribution in [-0.2, 0) is 4.79 Å². The fraction of sp³-hybridized carbons (Fsp3) is 0.263. The van der Waals surface area contributed by atoms with Crippen molar-refractivity contribution in [3.63, 3.8) is 0 Å². The summed E-state index contributed by atoms with van der Waals surface area (Å²) in [4.78, 5) is 24.1. The van der Waals surface area contributed by atoms with Gasteiger partial charge in [0.15, 0.2) is 6.61 Å². The number of amides is 2. The molecule has 2 aromatic carbocycles. The van der Waals surface area contributed by atoms with Gasteiger partial charge >= 0.3 is 0 Å². The van der Waals surface area contributed by atoms with Crippen LogP contribution in [0.5, 0.6) is 17.2 Å². The van der Waals surface area contributed by atoms with Crippen LogP contribution in [0.15, 0.2) is 36.4 Å². The van der Waals surface area contributed by atoms with Crippen molar-refractivity contribution >= 4 is 11.8 Å². The third-order valence-electron chi connectivity index (χ3n) is 3.82. The molecular weight excluding hydrogens is 336 g/mol. The second-order valence-electron chi connectivity index (χ2n) is 5.60. The lowest BCUT2D eigenvalue weighted by atomic mass is 10.1. The Morgan fingerprint density at radius 3 is 2.27 bits per heavy atom. The van der Waals surface area contributed by atoms with Crippen LogP contribution in [0.25, 0.3) is 0 Å². The fourth-order valence-electron chi connectivity index (χ4n) is 2.17. The number of nitrogens with one attached hydrogen (secondary N) is 2. The molecule has 7 nitrogen and oxygen atoms in total. The fourth-order valence-corrected chi connectivity index (χ4v) is 2.17. The van der Waals surface area contributed by atoms with Crippen LogP contribution in [0.3, 0.4) is 0 Å². The van der Waals surface area contributed by atoms with Crippen LogP contribution < -0.4 is 25.1 Å². The summed E-state index contributed by atoms with van der Waals surface area (Å²) >= 11 is 0. The maximum absolute atomic E-state index is 12.3. The van der Waals surface area contributed by atoms with Crippen molar-refractivity contribution in [1.82, 2.24) is 10.9 Å². The lowest BCUT2D eigenvalue weighted by Gasteiger charge is -2.12. The lowest BCUT2D eigenvalue weighted by Crippen LogP contribution is -2.43. The maximum atomic E-state index is 12.3. The quantitative estimate of drug-likeness (QED) is 0.773. The molecular formula is C19H22N2O5. The predicted octanol–water partition coefficient (Wildman–Crippen LogP) is 2.16. The van der Waals surface area contributed by atoms with Crippen molar-refractivity contribution in [1.29, 1.82) is 0 Å². The Bertz CT molecular complexity index is 805. The topological polar surface area (TPSA) is 85.9 Å². The molecule has 0 radical (unpaired) electrons. The van der Waals surface area contributed by atoms with E-state index < -0.39 is 11.8 Å². The highest BCUT2D eigenvalue weighted by molar-refractivity contribution is 5.98. The van der Waals surface area contributed by atoms with Crippen LogP contribution in [0.1, 0.15) is 21.5 Å². The van der Waals surface area contributed by atoms with E-state index in [1.54, 1.807) is 18.2 Å². The van der Waals surface area contributed by atoms with Crippen molar-refractivity contribution < 1.29 is 23.8 Å². The molecule has 7 heteroatoms. The smallest absolute Gasteiger partial charge is 0.276 e. The highest BCUT2D eigenvalue weighted by Crippen LogP contribution is 2.23. The Labute approximate surface area is 152 Å². The molecule has 2 rings (SSSR count). The van der Waals surface area contributed by atoms with Crippen LogP contribution >= 0.6 is 0 Å². The second kappa shape index (κ2) is 8.75. The first-order chi connectivity index (χ1) is 12.4. The largest absolute Gasteiger partial charge is 0.497 e. The van der Waals surface area contributed by atoms with Gasteiger partial charge < -0.3 is 14.2 Å². The van der Waals surface area contributed by atoms with E-state index in [-0.39, 0.29) is 12.2 Å². The summed E-state index contributed by atoms with van der Waals surface area (Å²) < 4.78 is 15.7. The first-order valence-corrected chi connectivity index (χ1v) is 7.96. The molecule has 0 aliphatic rings. The zero-order valence-corrected chi connectivity index (χ0v) is 15.2. The number of hydrogen-bond donors (Lipinski definition) is 2. The minimum absolute atomic E-state index is 0.224. The summed E-state index contributed by atoms with van der Waals surface area (Å²) in [5.74, 6) is 0.437. The summed E-state index contributed by atoms with van der Waals surface area (Å²) in [5.41, 5.74) is 7.08. The molecule has 0 bridgehead atoms. The van der Waals surface area contributed by atoms with Gasteiger partial charge in [0.1, 0.15) is 17.2 Å². The summed E-state index contributed by atoms with van der Waals surface area (Å²) in [6.07, 6.45) is 0. The van der Waals surface area contributed by atoms with E-state index in [4.69, 9.17) is 14.2 Å². The Kier molecular flexibility index (Phi) is 6.43. The van der Waals surface area contributed by atoms with Gasteiger partial charge in [-0.2, -0.15) is 0 Å². The van der Waals surface area contributed by atoms with Gasteiger partial charge in [0, 0.05) is 0 Å². The molecule has 138 valence electrons. The van der Waals surface area contributed by atoms with Crippen LogP contribution in [0.2, 0.25) is 0 Å². The van der Waals surface area contributed by atoms with Crippen molar-refractivity contribution in [2.75, 3.05) is 20.8 Å². The van der Waals surface area contributed by atoms with E-state index in [1.807, 2.05) is 26.0 Å². The van der Waals surface area contributed by atoms with Gasteiger partial charge in [0.05, 0.1) is 19.8 Å². The zero-order chi connectivity index (χ0) is 19.1. The molecule has 2 aromatic rings. The van der Waals surface area contributed by atoms with Gasteiger partial charge in [0.2, 0.25) is 0 Å². The first-order valence-electron chi connectivity index (χ1n) is 7.96. The number of carbonyl (C=O) groups is 2. The van der Waals surface area contributed by atoms with Gasteiger partial charge in [-0.3, -0.25) is 20.4 Å². The van der Waals surface area contributed by atoms with Gasteiger partial charge in [-0.1, -0.05) is 6.07 Å². The van der Waals surface area contributed by atoms with Gasteiger partial charge in [-0.15, -0.1) is 0 Å². The van der Waals surface area contributed by atoms with E-state index in [0.29, 0.717) is 17.2 Å². The Morgan fingerprint density at radius 2 is 1.62 bits per heavy atom. The highest BCUT2D eigenvalue weighted by Gasteiger charge is 2.14. The normalized spacial score (nSPS) is 10.0. The maximum Gasteiger partial charge on any atom is 0.276 e. The molecule has 0 aliphatic carbocycles. The minimum atomic E-state index is -0.528. The number of ether oxygens (including phenoxy) is 3. The molecule has 0 aromatic heterocycles. The summed E-state index contributed by atoms with van der Waals surface area (Å²) in [7, 11) is 2.95.